The second-order valence-corrected chi connectivity index (χ2v) is 8.61. The molecule has 31 heavy (non-hydrogen) atoms. The largest absolute Gasteiger partial charge is 0.390 e. The van der Waals surface area contributed by atoms with E-state index in [9.17, 15) is 5.11 Å². The van der Waals surface area contributed by atoms with Crippen LogP contribution in [0.4, 0.5) is 17.3 Å². The highest BCUT2D eigenvalue weighted by atomic mass is 16.5. The van der Waals surface area contributed by atoms with Gasteiger partial charge < -0.3 is 30.0 Å². The van der Waals surface area contributed by atoms with Crippen molar-refractivity contribution < 1.29 is 9.84 Å². The third-order valence-corrected chi connectivity index (χ3v) is 6.75. The standard InChI is InChI=1S/C23H28N6O2/c1-28-9-5-16-17(3-2-4-20(16)28)25-21-18(13-24)27-22(19(14-30)26-21)29-10-6-23(7-11-29)8-12-31-15-23/h2-5,9,13,24,30H,6-8,10-12,14-15H2,1H3,(H,25,26). The van der Waals surface area contributed by atoms with Crippen molar-refractivity contribution in [3.8, 4) is 0 Å². The van der Waals surface area contributed by atoms with Gasteiger partial charge in [-0.05, 0) is 42.9 Å². The Bertz CT molecular complexity index is 1110. The number of piperidine rings is 1. The van der Waals surface area contributed by atoms with Gasteiger partial charge in [0.25, 0.3) is 0 Å². The number of hydrogen-bond donors (Lipinski definition) is 3. The highest BCUT2D eigenvalue weighted by Crippen LogP contribution is 2.40. The summed E-state index contributed by atoms with van der Waals surface area (Å²) in [4.78, 5) is 11.6. The van der Waals surface area contributed by atoms with Gasteiger partial charge in [-0.15, -0.1) is 0 Å². The molecule has 2 aromatic heterocycles. The maximum absolute atomic E-state index is 10.0. The first-order valence-corrected chi connectivity index (χ1v) is 10.8. The first-order chi connectivity index (χ1) is 15.1. The highest BCUT2D eigenvalue weighted by molar-refractivity contribution is 5.95. The maximum Gasteiger partial charge on any atom is 0.158 e. The Labute approximate surface area is 181 Å². The molecule has 8 nitrogen and oxygen atoms in total. The minimum Gasteiger partial charge on any atom is -0.390 e. The molecule has 162 valence electrons. The van der Waals surface area contributed by atoms with E-state index < -0.39 is 0 Å². The fourth-order valence-electron chi connectivity index (χ4n) is 4.80. The molecule has 8 heteroatoms. The van der Waals surface area contributed by atoms with Crippen molar-refractivity contribution in [1.82, 2.24) is 14.5 Å². The molecule has 0 aliphatic carbocycles. The molecule has 0 bridgehead atoms. The van der Waals surface area contributed by atoms with E-state index in [0.29, 0.717) is 28.4 Å². The van der Waals surface area contributed by atoms with Gasteiger partial charge in [0.15, 0.2) is 11.6 Å². The minimum absolute atomic E-state index is 0.199. The minimum atomic E-state index is -0.199. The first kappa shape index (κ1) is 20.0. The van der Waals surface area contributed by atoms with Crippen LogP contribution in [0.3, 0.4) is 0 Å². The number of hydrogen-bond acceptors (Lipinski definition) is 7. The van der Waals surface area contributed by atoms with Gasteiger partial charge in [0, 0.05) is 55.7 Å². The number of rotatable bonds is 5. The Hall–Kier alpha value is -2.97. The second kappa shape index (κ2) is 7.94. The Kier molecular flexibility index (Phi) is 5.11. The van der Waals surface area contributed by atoms with E-state index in [1.54, 1.807) is 0 Å². The zero-order chi connectivity index (χ0) is 21.4. The number of ether oxygens (including phenoxy) is 1. The number of benzene rings is 1. The fraction of sp³-hybridized carbons (Fsp3) is 0.435. The summed E-state index contributed by atoms with van der Waals surface area (Å²) in [7, 11) is 2.01. The van der Waals surface area contributed by atoms with Crippen LogP contribution in [0.1, 0.15) is 30.7 Å². The van der Waals surface area contributed by atoms with Crippen LogP contribution in [0.2, 0.25) is 0 Å². The molecule has 5 rings (SSSR count). The van der Waals surface area contributed by atoms with Crippen LogP contribution >= 0.6 is 0 Å². The lowest BCUT2D eigenvalue weighted by Gasteiger charge is -2.39. The average molecular weight is 421 g/mol. The normalized spacial score (nSPS) is 18.1. The molecule has 0 radical (unpaired) electrons. The predicted molar refractivity (Wildman–Crippen MR) is 121 cm³/mol. The van der Waals surface area contributed by atoms with E-state index in [0.717, 1.165) is 62.2 Å². The highest BCUT2D eigenvalue weighted by Gasteiger charge is 2.38. The third kappa shape index (κ3) is 3.55. The smallest absolute Gasteiger partial charge is 0.158 e. The Balaban J connectivity index is 1.45. The molecule has 2 saturated heterocycles. The first-order valence-electron chi connectivity index (χ1n) is 10.8. The Morgan fingerprint density at radius 2 is 2.06 bits per heavy atom. The quantitative estimate of drug-likeness (QED) is 0.548. The number of aromatic nitrogens is 3. The lowest BCUT2D eigenvalue weighted by molar-refractivity contribution is 0.133. The number of aliphatic hydroxyl groups is 1. The number of anilines is 3. The van der Waals surface area contributed by atoms with Gasteiger partial charge in [0.1, 0.15) is 11.4 Å². The Morgan fingerprint density at radius 1 is 1.23 bits per heavy atom. The van der Waals surface area contributed by atoms with Crippen LogP contribution in [-0.4, -0.2) is 52.2 Å². The second-order valence-electron chi connectivity index (χ2n) is 8.61. The van der Waals surface area contributed by atoms with Crippen LogP contribution in [-0.2, 0) is 18.4 Å². The number of aliphatic hydroxyl groups excluding tert-OH is 1. The van der Waals surface area contributed by atoms with Gasteiger partial charge in [0.05, 0.1) is 13.2 Å². The van der Waals surface area contributed by atoms with Gasteiger partial charge in [-0.3, -0.25) is 0 Å². The van der Waals surface area contributed by atoms with Gasteiger partial charge in [-0.1, -0.05) is 6.07 Å². The van der Waals surface area contributed by atoms with Crippen molar-refractivity contribution in [2.24, 2.45) is 12.5 Å². The summed E-state index contributed by atoms with van der Waals surface area (Å²) in [6.07, 6.45) is 6.46. The summed E-state index contributed by atoms with van der Waals surface area (Å²) in [5, 5.41) is 22.4. The van der Waals surface area contributed by atoms with Crippen molar-refractivity contribution in [2.75, 3.05) is 36.5 Å². The lowest BCUT2D eigenvalue weighted by Crippen LogP contribution is -2.41. The molecule has 3 aromatic rings. The zero-order valence-electron chi connectivity index (χ0n) is 17.8. The molecule has 2 aliphatic rings. The topological polar surface area (TPSA) is 99.3 Å². The van der Waals surface area contributed by atoms with E-state index in [1.807, 2.05) is 31.4 Å². The van der Waals surface area contributed by atoms with Gasteiger partial charge in [0.2, 0.25) is 0 Å². The fourth-order valence-corrected chi connectivity index (χ4v) is 4.80. The Morgan fingerprint density at radius 3 is 2.77 bits per heavy atom. The summed E-state index contributed by atoms with van der Waals surface area (Å²) in [5.74, 6) is 1.16. The van der Waals surface area contributed by atoms with E-state index in [4.69, 9.17) is 15.1 Å². The summed E-state index contributed by atoms with van der Waals surface area (Å²) in [5.41, 5.74) is 3.29. The molecule has 0 atom stereocenters. The van der Waals surface area contributed by atoms with Crippen LogP contribution in [0.5, 0.6) is 0 Å². The van der Waals surface area contributed by atoms with Gasteiger partial charge in [-0.25, -0.2) is 9.97 Å². The number of nitrogens with one attached hydrogen (secondary N) is 2. The molecule has 2 fully saturated rings. The van der Waals surface area contributed by atoms with Gasteiger partial charge in [-0.2, -0.15) is 0 Å². The van der Waals surface area contributed by atoms with E-state index >= 15 is 0 Å². The summed E-state index contributed by atoms with van der Waals surface area (Å²) in [6.45, 7) is 3.22. The van der Waals surface area contributed by atoms with Crippen molar-refractivity contribution >= 4 is 34.4 Å². The van der Waals surface area contributed by atoms with E-state index in [1.165, 1.54) is 6.21 Å². The number of fused-ring (bicyclic) bond motifs is 1. The molecule has 0 unspecified atom stereocenters. The monoisotopic (exact) mass is 420 g/mol. The summed E-state index contributed by atoms with van der Waals surface area (Å²) in [6, 6.07) is 8.08. The molecule has 4 heterocycles. The summed E-state index contributed by atoms with van der Waals surface area (Å²) >= 11 is 0. The van der Waals surface area contributed by atoms with Crippen LogP contribution in [0, 0.1) is 10.8 Å². The maximum atomic E-state index is 10.0. The SMILES string of the molecule is Cn1ccc2c(Nc3nc(CO)c(N4CCC5(CCOC5)CC4)nc3C=N)cccc21. The molecule has 1 aromatic carbocycles. The molecule has 1 spiro atoms. The number of nitrogens with zero attached hydrogens (tertiary/aromatic N) is 4. The molecular formula is C23H28N6O2. The van der Waals surface area contributed by atoms with Crippen molar-refractivity contribution in [1.29, 1.82) is 5.41 Å². The lowest BCUT2D eigenvalue weighted by atomic mass is 9.78. The van der Waals surface area contributed by atoms with Crippen LogP contribution in [0.15, 0.2) is 30.5 Å². The molecule has 3 N–H and O–H groups in total. The van der Waals surface area contributed by atoms with Crippen LogP contribution < -0.4 is 10.2 Å². The van der Waals surface area contributed by atoms with E-state index in [-0.39, 0.29) is 6.61 Å². The van der Waals surface area contributed by atoms with Crippen LogP contribution in [0.25, 0.3) is 10.9 Å². The zero-order valence-corrected chi connectivity index (χ0v) is 17.8. The third-order valence-electron chi connectivity index (χ3n) is 6.75. The molecule has 2 aliphatic heterocycles. The van der Waals surface area contributed by atoms with Crippen molar-refractivity contribution in [3.63, 3.8) is 0 Å². The average Bonchev–Trinajstić information content (AvgIpc) is 3.42. The molecular weight excluding hydrogens is 392 g/mol. The van der Waals surface area contributed by atoms with Crippen molar-refractivity contribution in [3.05, 3.63) is 41.9 Å². The molecule has 0 amide bonds. The summed E-state index contributed by atoms with van der Waals surface area (Å²) < 4.78 is 7.70. The van der Waals surface area contributed by atoms with Gasteiger partial charge >= 0.3 is 0 Å². The number of aryl methyl sites for hydroxylation is 1. The van der Waals surface area contributed by atoms with E-state index in [2.05, 4.69) is 25.8 Å². The van der Waals surface area contributed by atoms with Crippen molar-refractivity contribution in [2.45, 2.75) is 25.9 Å². The predicted octanol–water partition coefficient (Wildman–Crippen LogP) is 3.21. The molecule has 0 saturated carbocycles.